The number of methoxy groups -OCH3 is 1. The van der Waals surface area contributed by atoms with Gasteiger partial charge in [-0.1, -0.05) is 29.8 Å². The largest absolute Gasteiger partial charge is 0.496 e. The highest BCUT2D eigenvalue weighted by atomic mass is 35.5. The first-order valence-electron chi connectivity index (χ1n) is 9.48. The number of likely N-dealkylation sites (tertiary alicyclic amines) is 1. The number of halogens is 1. The predicted octanol–water partition coefficient (Wildman–Crippen LogP) is 3.69. The number of carbonyl (C=O) groups excluding carboxylic acids is 2. The molecule has 28 heavy (non-hydrogen) atoms. The zero-order chi connectivity index (χ0) is 19.9. The van der Waals surface area contributed by atoms with E-state index in [2.05, 4.69) is 5.32 Å². The van der Waals surface area contributed by atoms with E-state index in [-0.39, 0.29) is 17.9 Å². The maximum Gasteiger partial charge on any atom is 0.227 e. The zero-order valence-corrected chi connectivity index (χ0v) is 17.5. The molecule has 5 nitrogen and oxygen atoms in total. The number of carbonyl (C=O) groups is 2. The average Bonchev–Trinajstić information content (AvgIpc) is 3.12. The second kappa shape index (κ2) is 9.94. The summed E-state index contributed by atoms with van der Waals surface area (Å²) in [6.07, 6.45) is 3.08. The number of benzene rings is 1. The van der Waals surface area contributed by atoms with Crippen molar-refractivity contribution in [1.29, 1.82) is 0 Å². The maximum atomic E-state index is 12.6. The van der Waals surface area contributed by atoms with Gasteiger partial charge in [0.05, 0.1) is 17.9 Å². The number of nitrogens with one attached hydrogen (secondary N) is 1. The molecule has 1 aliphatic rings. The normalized spacial score (nSPS) is 14.7. The number of nitrogens with zero attached hydrogens (tertiary/aromatic N) is 1. The number of amides is 2. The highest BCUT2D eigenvalue weighted by Gasteiger charge is 2.24. The van der Waals surface area contributed by atoms with Crippen molar-refractivity contribution in [1.82, 2.24) is 10.2 Å². The van der Waals surface area contributed by atoms with Crippen molar-refractivity contribution in [2.45, 2.75) is 38.1 Å². The van der Waals surface area contributed by atoms with Gasteiger partial charge in [-0.3, -0.25) is 9.59 Å². The summed E-state index contributed by atoms with van der Waals surface area (Å²) in [6.45, 7) is 1.33. The Morgan fingerprint density at radius 3 is 2.64 bits per heavy atom. The van der Waals surface area contributed by atoms with Crippen molar-refractivity contribution in [3.05, 3.63) is 51.2 Å². The molecule has 1 N–H and O–H groups in total. The van der Waals surface area contributed by atoms with Crippen LogP contribution in [0.4, 0.5) is 0 Å². The van der Waals surface area contributed by atoms with Crippen LogP contribution in [0.3, 0.4) is 0 Å². The minimum atomic E-state index is 0.0586. The van der Waals surface area contributed by atoms with Crippen LogP contribution in [0.5, 0.6) is 5.75 Å². The monoisotopic (exact) mass is 420 g/mol. The van der Waals surface area contributed by atoms with Crippen molar-refractivity contribution in [2.75, 3.05) is 20.2 Å². The third kappa shape index (κ3) is 5.72. The predicted molar refractivity (Wildman–Crippen MR) is 112 cm³/mol. The van der Waals surface area contributed by atoms with Crippen LogP contribution in [0, 0.1) is 0 Å². The van der Waals surface area contributed by atoms with Gasteiger partial charge in [0.25, 0.3) is 0 Å². The smallest absolute Gasteiger partial charge is 0.227 e. The van der Waals surface area contributed by atoms with Gasteiger partial charge in [0, 0.05) is 36.0 Å². The van der Waals surface area contributed by atoms with Crippen LogP contribution in [-0.4, -0.2) is 43.0 Å². The van der Waals surface area contributed by atoms with E-state index in [4.69, 9.17) is 16.3 Å². The SMILES string of the molecule is COc1ccccc1CC(=O)N1CCC(NC(=O)CCc2ccc(Cl)s2)CC1. The summed E-state index contributed by atoms with van der Waals surface area (Å²) in [7, 11) is 1.62. The van der Waals surface area contributed by atoms with Crippen LogP contribution in [-0.2, 0) is 22.4 Å². The molecule has 0 bridgehead atoms. The lowest BCUT2D eigenvalue weighted by Gasteiger charge is -2.32. The van der Waals surface area contributed by atoms with Gasteiger partial charge in [-0.15, -0.1) is 11.3 Å². The number of para-hydroxylation sites is 1. The van der Waals surface area contributed by atoms with Gasteiger partial charge < -0.3 is 15.0 Å². The number of hydrogen-bond donors (Lipinski definition) is 1. The van der Waals surface area contributed by atoms with Gasteiger partial charge in [-0.2, -0.15) is 0 Å². The minimum Gasteiger partial charge on any atom is -0.496 e. The average molecular weight is 421 g/mol. The second-order valence-corrected chi connectivity index (χ2v) is 8.72. The standard InChI is InChI=1S/C21H25ClN2O3S/c1-27-18-5-3-2-4-15(18)14-21(26)24-12-10-16(11-13-24)23-20(25)9-7-17-6-8-19(22)28-17/h2-6,8,16H,7,9-14H2,1H3,(H,23,25). The van der Waals surface area contributed by atoms with Gasteiger partial charge >= 0.3 is 0 Å². The first-order valence-corrected chi connectivity index (χ1v) is 10.7. The van der Waals surface area contributed by atoms with Crippen molar-refractivity contribution >= 4 is 34.8 Å². The molecule has 3 rings (SSSR count). The number of ether oxygens (including phenoxy) is 1. The van der Waals surface area contributed by atoms with E-state index in [1.807, 2.05) is 41.3 Å². The van der Waals surface area contributed by atoms with Crippen molar-refractivity contribution < 1.29 is 14.3 Å². The Labute approximate surface area is 174 Å². The second-order valence-electron chi connectivity index (χ2n) is 6.92. The summed E-state index contributed by atoms with van der Waals surface area (Å²) in [5.41, 5.74) is 0.902. The van der Waals surface area contributed by atoms with E-state index in [1.54, 1.807) is 7.11 Å². The topological polar surface area (TPSA) is 58.6 Å². The summed E-state index contributed by atoms with van der Waals surface area (Å²) in [4.78, 5) is 27.8. The molecular weight excluding hydrogens is 396 g/mol. The fraction of sp³-hybridized carbons (Fsp3) is 0.429. The van der Waals surface area contributed by atoms with Crippen LogP contribution < -0.4 is 10.1 Å². The van der Waals surface area contributed by atoms with E-state index >= 15 is 0 Å². The Kier molecular flexibility index (Phi) is 7.34. The summed E-state index contributed by atoms with van der Waals surface area (Å²) in [5.74, 6) is 0.900. The van der Waals surface area contributed by atoms with Crippen molar-refractivity contribution in [3.8, 4) is 5.75 Å². The number of piperidine rings is 1. The molecular formula is C21H25ClN2O3S. The van der Waals surface area contributed by atoms with Gasteiger partial charge in [-0.25, -0.2) is 0 Å². The fourth-order valence-corrected chi connectivity index (χ4v) is 4.51. The van der Waals surface area contributed by atoms with E-state index in [0.717, 1.165) is 33.4 Å². The van der Waals surface area contributed by atoms with Crippen LogP contribution in [0.25, 0.3) is 0 Å². The molecule has 1 aromatic carbocycles. The van der Waals surface area contributed by atoms with Gasteiger partial charge in [0.2, 0.25) is 11.8 Å². The van der Waals surface area contributed by atoms with Crippen LogP contribution in [0.1, 0.15) is 29.7 Å². The maximum absolute atomic E-state index is 12.6. The molecule has 7 heteroatoms. The van der Waals surface area contributed by atoms with Crippen molar-refractivity contribution in [2.24, 2.45) is 0 Å². The Bertz CT molecular complexity index is 815. The highest BCUT2D eigenvalue weighted by molar-refractivity contribution is 7.16. The Morgan fingerprint density at radius 2 is 1.96 bits per heavy atom. The zero-order valence-electron chi connectivity index (χ0n) is 15.9. The van der Waals surface area contributed by atoms with E-state index in [0.29, 0.717) is 32.4 Å². The molecule has 0 saturated carbocycles. The molecule has 0 spiro atoms. The molecule has 1 aliphatic heterocycles. The quantitative estimate of drug-likeness (QED) is 0.743. The first-order chi connectivity index (χ1) is 13.5. The number of rotatable bonds is 7. The molecule has 150 valence electrons. The van der Waals surface area contributed by atoms with Gasteiger partial charge in [-0.05, 0) is 37.5 Å². The Hall–Kier alpha value is -2.05. The van der Waals surface area contributed by atoms with Gasteiger partial charge in [0.15, 0.2) is 0 Å². The van der Waals surface area contributed by atoms with Gasteiger partial charge in [0.1, 0.15) is 5.75 Å². The summed E-state index contributed by atoms with van der Waals surface area (Å²) < 4.78 is 6.08. The van der Waals surface area contributed by atoms with E-state index in [1.165, 1.54) is 11.3 Å². The molecule has 1 fully saturated rings. The molecule has 0 aliphatic carbocycles. The molecule has 1 saturated heterocycles. The number of aryl methyl sites for hydroxylation is 1. The third-order valence-electron chi connectivity index (χ3n) is 4.97. The summed E-state index contributed by atoms with van der Waals surface area (Å²) >= 11 is 7.43. The van der Waals surface area contributed by atoms with Crippen LogP contribution in [0.15, 0.2) is 36.4 Å². The first kappa shape index (κ1) is 20.7. The summed E-state index contributed by atoms with van der Waals surface area (Å²) in [5, 5.41) is 3.10. The Morgan fingerprint density at radius 1 is 1.21 bits per heavy atom. The lowest BCUT2D eigenvalue weighted by Crippen LogP contribution is -2.47. The molecule has 0 atom stereocenters. The van der Waals surface area contributed by atoms with Crippen LogP contribution >= 0.6 is 22.9 Å². The number of hydrogen-bond acceptors (Lipinski definition) is 4. The third-order valence-corrected chi connectivity index (χ3v) is 6.27. The fourth-order valence-electron chi connectivity index (χ4n) is 3.42. The molecule has 1 aromatic heterocycles. The van der Waals surface area contributed by atoms with Crippen molar-refractivity contribution in [3.63, 3.8) is 0 Å². The molecule has 2 aromatic rings. The van der Waals surface area contributed by atoms with E-state index in [9.17, 15) is 9.59 Å². The minimum absolute atomic E-state index is 0.0586. The molecule has 2 amide bonds. The lowest BCUT2D eigenvalue weighted by molar-refractivity contribution is -0.131. The molecule has 2 heterocycles. The number of thiophene rings is 1. The van der Waals surface area contributed by atoms with E-state index < -0.39 is 0 Å². The lowest BCUT2D eigenvalue weighted by atomic mass is 10.0. The molecule has 0 unspecified atom stereocenters. The highest BCUT2D eigenvalue weighted by Crippen LogP contribution is 2.23. The summed E-state index contributed by atoms with van der Waals surface area (Å²) in [6, 6.07) is 11.6. The molecule has 0 radical (unpaired) electrons. The Balaban J connectivity index is 1.41. The van der Waals surface area contributed by atoms with Crippen LogP contribution in [0.2, 0.25) is 4.34 Å².